The van der Waals surface area contributed by atoms with Crippen LogP contribution in [-0.4, -0.2) is 49.1 Å². The largest absolute Gasteiger partial charge is 0.301 e. The van der Waals surface area contributed by atoms with Crippen LogP contribution >= 0.6 is 0 Å². The fourth-order valence-corrected chi connectivity index (χ4v) is 2.62. The Balaban J connectivity index is 1.50. The van der Waals surface area contributed by atoms with Crippen LogP contribution in [0.25, 0.3) is 0 Å². The van der Waals surface area contributed by atoms with E-state index in [0.29, 0.717) is 0 Å². The smallest absolute Gasteiger partial charge is 0.0110 e. The molecule has 1 aliphatic carbocycles. The van der Waals surface area contributed by atoms with E-state index >= 15 is 0 Å². The fourth-order valence-electron chi connectivity index (χ4n) is 2.62. The summed E-state index contributed by atoms with van der Waals surface area (Å²) in [6.45, 7) is 10.3. The maximum atomic E-state index is 2.68. The topological polar surface area (TPSA) is 6.48 Å². The van der Waals surface area contributed by atoms with Crippen molar-refractivity contribution in [3.63, 3.8) is 0 Å². The lowest BCUT2D eigenvalue weighted by molar-refractivity contribution is 0.127. The van der Waals surface area contributed by atoms with Crippen molar-refractivity contribution in [3.05, 3.63) is 0 Å². The highest BCUT2D eigenvalue weighted by Gasteiger charge is 2.26. The summed E-state index contributed by atoms with van der Waals surface area (Å²) in [6.07, 6.45) is 8.61. The third-order valence-electron chi connectivity index (χ3n) is 4.01. The van der Waals surface area contributed by atoms with Gasteiger partial charge in [-0.05, 0) is 31.7 Å². The molecule has 2 rings (SSSR count). The van der Waals surface area contributed by atoms with E-state index < -0.39 is 0 Å². The summed E-state index contributed by atoms with van der Waals surface area (Å²) in [4.78, 5) is 5.35. The van der Waals surface area contributed by atoms with Crippen LogP contribution in [0.1, 0.15) is 45.4 Å². The summed E-state index contributed by atoms with van der Waals surface area (Å²) in [5.74, 6) is 1.07. The van der Waals surface area contributed by atoms with E-state index in [0.717, 1.165) is 5.92 Å². The average molecular weight is 224 g/mol. The highest BCUT2D eigenvalue weighted by Crippen LogP contribution is 2.29. The van der Waals surface area contributed by atoms with Crippen LogP contribution < -0.4 is 0 Å². The molecule has 0 aromatic rings. The van der Waals surface area contributed by atoms with Crippen LogP contribution in [0.4, 0.5) is 0 Å². The highest BCUT2D eigenvalue weighted by atomic mass is 15.3. The first-order valence-corrected chi connectivity index (χ1v) is 7.33. The van der Waals surface area contributed by atoms with Gasteiger partial charge in [0, 0.05) is 32.7 Å². The first-order valence-electron chi connectivity index (χ1n) is 7.33. The minimum Gasteiger partial charge on any atom is -0.301 e. The molecule has 0 unspecified atom stereocenters. The van der Waals surface area contributed by atoms with Crippen LogP contribution in [0, 0.1) is 5.92 Å². The summed E-state index contributed by atoms with van der Waals surface area (Å²) in [5, 5.41) is 0. The molecule has 1 saturated carbocycles. The van der Waals surface area contributed by atoms with E-state index in [1.165, 1.54) is 77.8 Å². The summed E-state index contributed by atoms with van der Waals surface area (Å²) >= 11 is 0. The van der Waals surface area contributed by atoms with Gasteiger partial charge in [-0.25, -0.2) is 0 Å². The second-order valence-electron chi connectivity index (χ2n) is 5.65. The van der Waals surface area contributed by atoms with E-state index in [2.05, 4.69) is 16.7 Å². The normalized spacial score (nSPS) is 23.8. The maximum absolute atomic E-state index is 2.68. The van der Waals surface area contributed by atoms with Gasteiger partial charge < -0.3 is 9.80 Å². The molecule has 0 aromatic carbocycles. The van der Waals surface area contributed by atoms with Gasteiger partial charge in [-0.2, -0.15) is 0 Å². The zero-order chi connectivity index (χ0) is 11.2. The van der Waals surface area contributed by atoms with Gasteiger partial charge in [-0.15, -0.1) is 0 Å². The van der Waals surface area contributed by atoms with Gasteiger partial charge in [0.1, 0.15) is 0 Å². The standard InChI is InChI=1S/C14H28N2/c1-2-3-4-5-8-15-9-11-16(12-10-15)13-14-6-7-14/h14H,2-13H2,1H3. The molecule has 1 heterocycles. The molecule has 2 nitrogen and oxygen atoms in total. The molecule has 0 amide bonds. The van der Waals surface area contributed by atoms with Crippen molar-refractivity contribution in [2.45, 2.75) is 45.4 Å². The monoisotopic (exact) mass is 224 g/mol. The predicted octanol–water partition coefficient (Wildman–Crippen LogP) is 2.59. The first kappa shape index (κ1) is 12.4. The Hall–Kier alpha value is -0.0800. The van der Waals surface area contributed by atoms with Crippen LogP contribution in [0.2, 0.25) is 0 Å². The lowest BCUT2D eigenvalue weighted by Crippen LogP contribution is -2.47. The summed E-state index contributed by atoms with van der Waals surface area (Å²) < 4.78 is 0. The average Bonchev–Trinajstić information content (AvgIpc) is 3.11. The third-order valence-corrected chi connectivity index (χ3v) is 4.01. The van der Waals surface area contributed by atoms with Crippen LogP contribution in [0.3, 0.4) is 0 Å². The maximum Gasteiger partial charge on any atom is 0.0110 e. The molecule has 1 aliphatic heterocycles. The zero-order valence-corrected chi connectivity index (χ0v) is 11.0. The molecule has 16 heavy (non-hydrogen) atoms. The molecule has 0 bridgehead atoms. The summed E-state index contributed by atoms with van der Waals surface area (Å²) in [6, 6.07) is 0. The highest BCUT2D eigenvalue weighted by molar-refractivity contribution is 4.80. The van der Waals surface area contributed by atoms with Gasteiger partial charge in [0.15, 0.2) is 0 Å². The second-order valence-corrected chi connectivity index (χ2v) is 5.65. The van der Waals surface area contributed by atoms with Crippen molar-refractivity contribution in [2.24, 2.45) is 5.92 Å². The van der Waals surface area contributed by atoms with Crippen molar-refractivity contribution >= 4 is 0 Å². The van der Waals surface area contributed by atoms with E-state index in [9.17, 15) is 0 Å². The lowest BCUT2D eigenvalue weighted by Gasteiger charge is -2.34. The SMILES string of the molecule is CCCCCCN1CCN(CC2CC2)CC1. The molecule has 0 spiro atoms. The summed E-state index contributed by atoms with van der Waals surface area (Å²) in [7, 11) is 0. The lowest BCUT2D eigenvalue weighted by atomic mass is 10.2. The van der Waals surface area contributed by atoms with E-state index in [1.54, 1.807) is 0 Å². The molecule has 94 valence electrons. The van der Waals surface area contributed by atoms with Crippen molar-refractivity contribution in [1.82, 2.24) is 9.80 Å². The zero-order valence-electron chi connectivity index (χ0n) is 11.0. The van der Waals surface area contributed by atoms with E-state index in [4.69, 9.17) is 0 Å². The molecule has 2 heteroatoms. The quantitative estimate of drug-likeness (QED) is 0.613. The van der Waals surface area contributed by atoms with Gasteiger partial charge >= 0.3 is 0 Å². The third kappa shape index (κ3) is 4.42. The van der Waals surface area contributed by atoms with Crippen LogP contribution in [0.5, 0.6) is 0 Å². The van der Waals surface area contributed by atoms with Crippen molar-refractivity contribution < 1.29 is 0 Å². The molecule has 1 saturated heterocycles. The number of piperazine rings is 1. The molecule has 2 fully saturated rings. The van der Waals surface area contributed by atoms with Crippen molar-refractivity contribution in [3.8, 4) is 0 Å². The Kier molecular flexibility index (Phi) is 5.11. The van der Waals surface area contributed by atoms with E-state index in [-0.39, 0.29) is 0 Å². The Bertz CT molecular complexity index is 181. The molecule has 0 radical (unpaired) electrons. The molecule has 0 atom stereocenters. The number of hydrogen-bond acceptors (Lipinski definition) is 2. The van der Waals surface area contributed by atoms with Crippen molar-refractivity contribution in [1.29, 1.82) is 0 Å². The van der Waals surface area contributed by atoms with Crippen LogP contribution in [0.15, 0.2) is 0 Å². The molecular formula is C14H28N2. The second kappa shape index (κ2) is 6.61. The molecular weight excluding hydrogens is 196 g/mol. The molecule has 0 N–H and O–H groups in total. The molecule has 2 aliphatic rings. The Morgan fingerprint density at radius 1 is 0.875 bits per heavy atom. The number of nitrogens with zero attached hydrogens (tertiary/aromatic N) is 2. The van der Waals surface area contributed by atoms with Gasteiger partial charge in [-0.1, -0.05) is 26.2 Å². The Labute approximate surface area is 101 Å². The van der Waals surface area contributed by atoms with Crippen LogP contribution in [-0.2, 0) is 0 Å². The van der Waals surface area contributed by atoms with Gasteiger partial charge in [0.25, 0.3) is 0 Å². The number of unbranched alkanes of at least 4 members (excludes halogenated alkanes) is 3. The Morgan fingerprint density at radius 3 is 2.19 bits per heavy atom. The predicted molar refractivity (Wildman–Crippen MR) is 69.7 cm³/mol. The van der Waals surface area contributed by atoms with Gasteiger partial charge in [-0.3, -0.25) is 0 Å². The van der Waals surface area contributed by atoms with Gasteiger partial charge in [0.2, 0.25) is 0 Å². The van der Waals surface area contributed by atoms with Crippen molar-refractivity contribution in [2.75, 3.05) is 39.3 Å². The molecule has 0 aromatic heterocycles. The minimum atomic E-state index is 1.07. The van der Waals surface area contributed by atoms with Gasteiger partial charge in [0.05, 0.1) is 0 Å². The number of rotatable bonds is 7. The number of hydrogen-bond donors (Lipinski definition) is 0. The summed E-state index contributed by atoms with van der Waals surface area (Å²) in [5.41, 5.74) is 0. The Morgan fingerprint density at radius 2 is 1.56 bits per heavy atom. The van der Waals surface area contributed by atoms with E-state index in [1.807, 2.05) is 0 Å². The fraction of sp³-hybridized carbons (Fsp3) is 1.00. The minimum absolute atomic E-state index is 1.07. The first-order chi connectivity index (χ1) is 7.88.